The van der Waals surface area contributed by atoms with Gasteiger partial charge in [0, 0.05) is 51.1 Å². The smallest absolute Gasteiger partial charge is 0.228 e. The molecule has 5 nitrogen and oxygen atoms in total. The topological polar surface area (TPSA) is 43.9 Å². The molecule has 0 N–H and O–H groups in total. The maximum atomic E-state index is 13.2. The molecule has 2 saturated carbocycles. The highest BCUT2D eigenvalue weighted by Gasteiger charge is 2.53. The van der Waals surface area contributed by atoms with Crippen LogP contribution in [0.4, 0.5) is 0 Å². The highest BCUT2D eigenvalue weighted by Crippen LogP contribution is 2.50. The van der Waals surface area contributed by atoms with E-state index in [4.69, 9.17) is 0 Å². The fourth-order valence-corrected chi connectivity index (χ4v) is 5.03. The third-order valence-corrected chi connectivity index (χ3v) is 6.87. The lowest BCUT2D eigenvalue weighted by Gasteiger charge is -2.37. The van der Waals surface area contributed by atoms with Crippen LogP contribution in [-0.2, 0) is 9.59 Å². The molecule has 0 aromatic rings. The maximum absolute atomic E-state index is 13.2. The van der Waals surface area contributed by atoms with E-state index in [1.165, 1.54) is 25.7 Å². The zero-order chi connectivity index (χ0) is 16.7. The number of carbonyl (C=O) groups is 2. The quantitative estimate of drug-likeness (QED) is 0.788. The van der Waals surface area contributed by atoms with Crippen LogP contribution in [0.15, 0.2) is 0 Å². The molecule has 0 aromatic heterocycles. The van der Waals surface area contributed by atoms with Gasteiger partial charge < -0.3 is 14.7 Å². The van der Waals surface area contributed by atoms with Gasteiger partial charge in [-0.05, 0) is 38.6 Å². The summed E-state index contributed by atoms with van der Waals surface area (Å²) in [5.74, 6) is 1.31. The molecular weight excluding hydrogens is 302 g/mol. The van der Waals surface area contributed by atoms with E-state index in [-0.39, 0.29) is 11.3 Å². The molecule has 2 amide bonds. The third kappa shape index (κ3) is 3.07. The molecule has 2 aliphatic carbocycles. The summed E-state index contributed by atoms with van der Waals surface area (Å²) in [4.78, 5) is 32.3. The minimum absolute atomic E-state index is 0.0477. The van der Waals surface area contributed by atoms with Crippen molar-refractivity contribution in [2.45, 2.75) is 44.9 Å². The number of amides is 2. The molecule has 1 unspecified atom stereocenters. The molecule has 0 radical (unpaired) electrons. The number of rotatable bonds is 3. The molecule has 1 atom stereocenters. The Labute approximate surface area is 145 Å². The van der Waals surface area contributed by atoms with Crippen molar-refractivity contribution in [2.24, 2.45) is 17.3 Å². The summed E-state index contributed by atoms with van der Waals surface area (Å²) in [7, 11) is 2.12. The van der Waals surface area contributed by atoms with Gasteiger partial charge in [-0.3, -0.25) is 9.59 Å². The van der Waals surface area contributed by atoms with E-state index in [0.717, 1.165) is 45.6 Å². The Morgan fingerprint density at radius 1 is 1.00 bits per heavy atom. The maximum Gasteiger partial charge on any atom is 0.228 e. The van der Waals surface area contributed by atoms with Gasteiger partial charge in [-0.25, -0.2) is 0 Å². The Morgan fingerprint density at radius 2 is 1.67 bits per heavy atom. The molecule has 2 aliphatic heterocycles. The summed E-state index contributed by atoms with van der Waals surface area (Å²) < 4.78 is 0. The van der Waals surface area contributed by atoms with Crippen LogP contribution in [0.1, 0.15) is 44.9 Å². The average Bonchev–Trinajstić information content (AvgIpc) is 3.14. The van der Waals surface area contributed by atoms with Crippen LogP contribution in [0.2, 0.25) is 0 Å². The zero-order valence-electron chi connectivity index (χ0n) is 15.0. The Kier molecular flexibility index (Phi) is 4.31. The van der Waals surface area contributed by atoms with Crippen LogP contribution in [0.25, 0.3) is 0 Å². The van der Waals surface area contributed by atoms with Gasteiger partial charge in [0.25, 0.3) is 0 Å². The number of likely N-dealkylation sites (N-methyl/N-ethyl adjacent to an activating group) is 1. The molecule has 4 fully saturated rings. The van der Waals surface area contributed by atoms with Crippen molar-refractivity contribution >= 4 is 11.8 Å². The van der Waals surface area contributed by atoms with Crippen molar-refractivity contribution in [3.63, 3.8) is 0 Å². The molecule has 24 heavy (non-hydrogen) atoms. The van der Waals surface area contributed by atoms with E-state index in [9.17, 15) is 9.59 Å². The van der Waals surface area contributed by atoms with Crippen LogP contribution in [0, 0.1) is 17.3 Å². The van der Waals surface area contributed by atoms with Crippen LogP contribution < -0.4 is 0 Å². The van der Waals surface area contributed by atoms with Gasteiger partial charge in [0.15, 0.2) is 0 Å². The molecule has 134 valence electrons. The van der Waals surface area contributed by atoms with E-state index >= 15 is 0 Å². The van der Waals surface area contributed by atoms with Crippen LogP contribution in [0.5, 0.6) is 0 Å². The summed E-state index contributed by atoms with van der Waals surface area (Å²) >= 11 is 0. The van der Waals surface area contributed by atoms with Crippen molar-refractivity contribution in [2.75, 3.05) is 46.3 Å². The number of nitrogens with zero attached hydrogens (tertiary/aromatic N) is 3. The summed E-state index contributed by atoms with van der Waals surface area (Å²) in [5, 5.41) is 0. The first-order chi connectivity index (χ1) is 11.6. The summed E-state index contributed by atoms with van der Waals surface area (Å²) in [6.07, 6.45) is 7.84. The van der Waals surface area contributed by atoms with E-state index in [0.29, 0.717) is 30.7 Å². The van der Waals surface area contributed by atoms with Crippen molar-refractivity contribution in [3.05, 3.63) is 0 Å². The van der Waals surface area contributed by atoms with E-state index in [1.807, 2.05) is 4.90 Å². The second-order valence-corrected chi connectivity index (χ2v) is 8.67. The Morgan fingerprint density at radius 3 is 2.29 bits per heavy atom. The largest absolute Gasteiger partial charge is 0.341 e. The molecule has 1 spiro atoms. The molecule has 2 saturated heterocycles. The fourth-order valence-electron chi connectivity index (χ4n) is 5.03. The lowest BCUT2D eigenvalue weighted by Crippen LogP contribution is -2.51. The van der Waals surface area contributed by atoms with Gasteiger partial charge in [0.05, 0.1) is 5.92 Å². The molecule has 4 aliphatic rings. The predicted molar refractivity (Wildman–Crippen MR) is 92.4 cm³/mol. The van der Waals surface area contributed by atoms with Crippen molar-refractivity contribution in [3.8, 4) is 0 Å². The fraction of sp³-hybridized carbons (Fsp3) is 0.895. The average molecular weight is 333 g/mol. The first kappa shape index (κ1) is 16.4. The van der Waals surface area contributed by atoms with Gasteiger partial charge in [0.2, 0.25) is 11.8 Å². The minimum Gasteiger partial charge on any atom is -0.341 e. The first-order valence-electron chi connectivity index (χ1n) is 9.82. The molecule has 4 rings (SSSR count). The van der Waals surface area contributed by atoms with Crippen LogP contribution in [-0.4, -0.2) is 72.8 Å². The van der Waals surface area contributed by atoms with Gasteiger partial charge in [0.1, 0.15) is 0 Å². The van der Waals surface area contributed by atoms with Gasteiger partial charge in [-0.1, -0.05) is 12.8 Å². The molecule has 0 aromatic carbocycles. The molecular formula is C19H31N3O2. The lowest BCUT2D eigenvalue weighted by atomic mass is 9.76. The highest BCUT2D eigenvalue weighted by atomic mass is 16.2. The number of hydrogen-bond donors (Lipinski definition) is 0. The first-order valence-corrected chi connectivity index (χ1v) is 9.82. The van der Waals surface area contributed by atoms with Gasteiger partial charge >= 0.3 is 0 Å². The van der Waals surface area contributed by atoms with Crippen LogP contribution in [0.3, 0.4) is 0 Å². The van der Waals surface area contributed by atoms with E-state index in [1.54, 1.807) is 0 Å². The second kappa shape index (κ2) is 6.32. The molecule has 2 heterocycles. The van der Waals surface area contributed by atoms with Crippen molar-refractivity contribution in [1.82, 2.24) is 14.7 Å². The monoisotopic (exact) mass is 333 g/mol. The molecule has 5 heteroatoms. The Hall–Kier alpha value is -1.10. The van der Waals surface area contributed by atoms with Crippen molar-refractivity contribution in [1.29, 1.82) is 0 Å². The van der Waals surface area contributed by atoms with Crippen LogP contribution >= 0.6 is 0 Å². The van der Waals surface area contributed by atoms with Gasteiger partial charge in [-0.15, -0.1) is 0 Å². The standard InChI is InChI=1S/C19H31N3O2/c1-20-8-10-21(11-9-20)18(24)16-13-22(17(23)12-15-4-5-15)14-19(16)6-2-3-7-19/h15-16H,2-14H2,1H3. The number of likely N-dealkylation sites (tertiary alicyclic amines) is 1. The molecule has 0 bridgehead atoms. The van der Waals surface area contributed by atoms with E-state index < -0.39 is 0 Å². The SMILES string of the molecule is CN1CCN(C(=O)C2CN(C(=O)CC3CC3)CC23CCCC3)CC1. The highest BCUT2D eigenvalue weighted by molar-refractivity contribution is 5.83. The summed E-state index contributed by atoms with van der Waals surface area (Å²) in [6, 6.07) is 0. The summed E-state index contributed by atoms with van der Waals surface area (Å²) in [5.41, 5.74) is 0.0830. The minimum atomic E-state index is 0.0477. The van der Waals surface area contributed by atoms with E-state index in [2.05, 4.69) is 16.8 Å². The second-order valence-electron chi connectivity index (χ2n) is 8.67. The Balaban J connectivity index is 1.47. The summed E-state index contributed by atoms with van der Waals surface area (Å²) in [6.45, 7) is 5.14. The number of piperazine rings is 1. The third-order valence-electron chi connectivity index (χ3n) is 6.87. The van der Waals surface area contributed by atoms with Gasteiger partial charge in [-0.2, -0.15) is 0 Å². The predicted octanol–water partition coefficient (Wildman–Crippen LogP) is 1.58. The zero-order valence-corrected chi connectivity index (χ0v) is 15.0. The normalized spacial score (nSPS) is 30.3. The van der Waals surface area contributed by atoms with Crippen molar-refractivity contribution < 1.29 is 9.59 Å². The number of hydrogen-bond acceptors (Lipinski definition) is 3. The number of carbonyl (C=O) groups excluding carboxylic acids is 2. The lowest BCUT2D eigenvalue weighted by molar-refractivity contribution is -0.140. The Bertz CT molecular complexity index is 503.